The van der Waals surface area contributed by atoms with Crippen molar-refractivity contribution in [2.75, 3.05) is 11.1 Å². The van der Waals surface area contributed by atoms with Crippen molar-refractivity contribution in [2.45, 2.75) is 19.3 Å². The monoisotopic (exact) mass is 275 g/mol. The van der Waals surface area contributed by atoms with Gasteiger partial charge in [0, 0.05) is 5.69 Å². The van der Waals surface area contributed by atoms with Crippen molar-refractivity contribution in [3.63, 3.8) is 0 Å². The van der Waals surface area contributed by atoms with Gasteiger partial charge in [-0.15, -0.1) is 0 Å². The number of carbonyl (C=O) groups is 2. The Morgan fingerprint density at radius 2 is 2.05 bits per heavy atom. The number of hydrogen-bond donors (Lipinski definition) is 2. The molecule has 0 atom stereocenters. The van der Waals surface area contributed by atoms with Crippen LogP contribution in [-0.4, -0.2) is 22.6 Å². The highest BCUT2D eigenvalue weighted by Gasteiger charge is 2.29. The average Bonchev–Trinajstić information content (AvgIpc) is 2.95. The zero-order chi connectivity index (χ0) is 13.4. The molecule has 2 N–H and O–H groups in total. The summed E-state index contributed by atoms with van der Waals surface area (Å²) >= 11 is 1.25. The SMILES string of the molecule is O=C(O)C1=C(Nc2ccc3c(c2)CCC3)SCC1=O. The third-order valence-corrected chi connectivity index (χ3v) is 4.43. The molecule has 0 aromatic heterocycles. The van der Waals surface area contributed by atoms with Gasteiger partial charge in [0.25, 0.3) is 0 Å². The van der Waals surface area contributed by atoms with Gasteiger partial charge in [0.15, 0.2) is 5.78 Å². The number of Topliss-reactive ketones (excluding diaryl/α,β-unsaturated/α-hetero) is 1. The Morgan fingerprint density at radius 3 is 2.84 bits per heavy atom. The number of carboxylic acids is 1. The van der Waals surface area contributed by atoms with Crippen LogP contribution >= 0.6 is 11.8 Å². The van der Waals surface area contributed by atoms with Crippen molar-refractivity contribution >= 4 is 29.2 Å². The summed E-state index contributed by atoms with van der Waals surface area (Å²) in [6.45, 7) is 0. The molecule has 0 radical (unpaired) electrons. The highest BCUT2D eigenvalue weighted by Crippen LogP contribution is 2.32. The van der Waals surface area contributed by atoms with E-state index in [1.807, 2.05) is 6.07 Å². The topological polar surface area (TPSA) is 66.4 Å². The van der Waals surface area contributed by atoms with Crippen LogP contribution in [0.25, 0.3) is 0 Å². The molecule has 0 amide bonds. The number of carbonyl (C=O) groups excluding carboxylic acids is 1. The summed E-state index contributed by atoms with van der Waals surface area (Å²) in [5.41, 5.74) is 3.42. The highest BCUT2D eigenvalue weighted by atomic mass is 32.2. The Bertz CT molecular complexity index is 607. The average molecular weight is 275 g/mol. The largest absolute Gasteiger partial charge is 0.477 e. The maximum atomic E-state index is 11.5. The van der Waals surface area contributed by atoms with E-state index in [0.717, 1.165) is 18.5 Å². The number of aliphatic carboxylic acids is 1. The van der Waals surface area contributed by atoms with Crippen LogP contribution in [0.5, 0.6) is 0 Å². The van der Waals surface area contributed by atoms with E-state index in [2.05, 4.69) is 17.4 Å². The van der Waals surface area contributed by atoms with Gasteiger partial charge in [0.2, 0.25) is 0 Å². The first-order chi connectivity index (χ1) is 9.15. The molecule has 98 valence electrons. The normalized spacial score (nSPS) is 17.8. The molecule has 0 fully saturated rings. The summed E-state index contributed by atoms with van der Waals surface area (Å²) in [6, 6.07) is 6.07. The summed E-state index contributed by atoms with van der Waals surface area (Å²) in [7, 11) is 0. The second kappa shape index (κ2) is 4.74. The van der Waals surface area contributed by atoms with Crippen LogP contribution in [0.3, 0.4) is 0 Å². The minimum absolute atomic E-state index is 0.120. The van der Waals surface area contributed by atoms with Gasteiger partial charge >= 0.3 is 5.97 Å². The van der Waals surface area contributed by atoms with Crippen LogP contribution in [0.1, 0.15) is 17.5 Å². The van der Waals surface area contributed by atoms with Crippen molar-refractivity contribution in [1.29, 1.82) is 0 Å². The van der Waals surface area contributed by atoms with Gasteiger partial charge in [-0.25, -0.2) is 4.79 Å². The number of nitrogens with one attached hydrogen (secondary N) is 1. The standard InChI is InChI=1S/C14H13NO3S/c16-11-7-19-13(12(11)14(17)18)15-10-5-4-8-2-1-3-9(8)6-10/h4-6,15H,1-3,7H2,(H,17,18). The predicted octanol–water partition coefficient (Wildman–Crippen LogP) is 2.20. The molecule has 1 aromatic carbocycles. The number of aryl methyl sites for hydroxylation is 2. The van der Waals surface area contributed by atoms with E-state index in [-0.39, 0.29) is 17.1 Å². The molecule has 3 rings (SSSR count). The fraction of sp³-hybridized carbons (Fsp3) is 0.286. The van der Waals surface area contributed by atoms with E-state index in [4.69, 9.17) is 5.11 Å². The lowest BCUT2D eigenvalue weighted by atomic mass is 10.1. The summed E-state index contributed by atoms with van der Waals surface area (Å²) in [4.78, 5) is 22.6. The molecule has 1 aromatic rings. The summed E-state index contributed by atoms with van der Waals surface area (Å²) in [5.74, 6) is -1.27. The minimum atomic E-state index is -1.15. The molecular weight excluding hydrogens is 262 g/mol. The Labute approximate surface area is 114 Å². The van der Waals surface area contributed by atoms with Crippen LogP contribution in [0.15, 0.2) is 28.8 Å². The first-order valence-electron chi connectivity index (χ1n) is 6.17. The number of ketones is 1. The van der Waals surface area contributed by atoms with Crippen molar-refractivity contribution in [3.8, 4) is 0 Å². The Morgan fingerprint density at radius 1 is 1.26 bits per heavy atom. The Kier molecular flexibility index (Phi) is 3.06. The molecule has 5 heteroatoms. The number of thioether (sulfide) groups is 1. The third kappa shape index (κ3) is 2.26. The molecule has 0 unspecified atom stereocenters. The number of benzene rings is 1. The van der Waals surface area contributed by atoms with Crippen LogP contribution in [-0.2, 0) is 22.4 Å². The molecule has 4 nitrogen and oxygen atoms in total. The second-order valence-electron chi connectivity index (χ2n) is 4.68. The Hall–Kier alpha value is -1.75. The number of rotatable bonds is 3. The van der Waals surface area contributed by atoms with Gasteiger partial charge in [-0.2, -0.15) is 0 Å². The van der Waals surface area contributed by atoms with E-state index >= 15 is 0 Å². The fourth-order valence-electron chi connectivity index (χ4n) is 2.50. The van der Waals surface area contributed by atoms with Crippen LogP contribution in [0, 0.1) is 0 Å². The van der Waals surface area contributed by atoms with Gasteiger partial charge in [-0.05, 0) is 42.5 Å². The van der Waals surface area contributed by atoms with Crippen molar-refractivity contribution in [2.24, 2.45) is 0 Å². The predicted molar refractivity (Wildman–Crippen MR) is 74.2 cm³/mol. The van der Waals surface area contributed by atoms with Crippen LogP contribution < -0.4 is 5.32 Å². The lowest BCUT2D eigenvalue weighted by Gasteiger charge is -2.09. The zero-order valence-corrected chi connectivity index (χ0v) is 11.0. The van der Waals surface area contributed by atoms with E-state index in [1.165, 1.54) is 29.3 Å². The quantitative estimate of drug-likeness (QED) is 0.828. The fourth-order valence-corrected chi connectivity index (χ4v) is 3.46. The molecule has 1 heterocycles. The van der Waals surface area contributed by atoms with Gasteiger partial charge in [-0.1, -0.05) is 17.8 Å². The van der Waals surface area contributed by atoms with Crippen molar-refractivity contribution < 1.29 is 14.7 Å². The number of hydrogen-bond acceptors (Lipinski definition) is 4. The van der Waals surface area contributed by atoms with Crippen LogP contribution in [0.2, 0.25) is 0 Å². The zero-order valence-electron chi connectivity index (χ0n) is 10.2. The number of carboxylic acid groups (broad SMARTS) is 1. The van der Waals surface area contributed by atoms with E-state index in [0.29, 0.717) is 5.03 Å². The van der Waals surface area contributed by atoms with E-state index in [9.17, 15) is 9.59 Å². The molecule has 0 saturated carbocycles. The molecule has 1 aliphatic carbocycles. The highest BCUT2D eigenvalue weighted by molar-refractivity contribution is 8.04. The van der Waals surface area contributed by atoms with E-state index < -0.39 is 5.97 Å². The molecule has 0 saturated heterocycles. The lowest BCUT2D eigenvalue weighted by molar-refractivity contribution is -0.134. The van der Waals surface area contributed by atoms with E-state index in [1.54, 1.807) is 0 Å². The number of anilines is 1. The molecule has 1 aliphatic heterocycles. The maximum absolute atomic E-state index is 11.5. The van der Waals surface area contributed by atoms with Gasteiger partial charge in [0.1, 0.15) is 5.57 Å². The number of fused-ring (bicyclic) bond motifs is 1. The maximum Gasteiger partial charge on any atom is 0.342 e. The van der Waals surface area contributed by atoms with Gasteiger partial charge in [-0.3, -0.25) is 4.79 Å². The molecule has 0 bridgehead atoms. The molecular formula is C14H13NO3S. The smallest absolute Gasteiger partial charge is 0.342 e. The molecule has 0 spiro atoms. The first-order valence-corrected chi connectivity index (χ1v) is 7.16. The summed E-state index contributed by atoms with van der Waals surface area (Å²) in [6.07, 6.45) is 3.36. The van der Waals surface area contributed by atoms with Crippen LogP contribution in [0.4, 0.5) is 5.69 Å². The van der Waals surface area contributed by atoms with Gasteiger partial charge < -0.3 is 10.4 Å². The van der Waals surface area contributed by atoms with Crippen molar-refractivity contribution in [3.05, 3.63) is 39.9 Å². The third-order valence-electron chi connectivity index (χ3n) is 3.42. The van der Waals surface area contributed by atoms with Crippen molar-refractivity contribution in [1.82, 2.24) is 0 Å². The summed E-state index contributed by atoms with van der Waals surface area (Å²) in [5, 5.41) is 12.6. The molecule has 2 aliphatic rings. The second-order valence-corrected chi connectivity index (χ2v) is 5.67. The summed E-state index contributed by atoms with van der Waals surface area (Å²) < 4.78 is 0. The van der Waals surface area contributed by atoms with Gasteiger partial charge in [0.05, 0.1) is 10.8 Å². The first kappa shape index (κ1) is 12.3. The minimum Gasteiger partial charge on any atom is -0.477 e. The molecule has 19 heavy (non-hydrogen) atoms. The Balaban J connectivity index is 1.89. The lowest BCUT2D eigenvalue weighted by Crippen LogP contribution is -2.12.